The molecule has 1 aromatic rings. The van der Waals surface area contributed by atoms with Gasteiger partial charge in [0, 0.05) is 13.1 Å². The Morgan fingerprint density at radius 1 is 1.21 bits per heavy atom. The van der Waals surface area contributed by atoms with Crippen molar-refractivity contribution in [2.24, 2.45) is 11.3 Å². The number of rotatable bonds is 1. The van der Waals surface area contributed by atoms with Gasteiger partial charge in [-0.05, 0) is 30.6 Å². The normalized spacial score (nSPS) is 20.7. The molecular formula is C15H22N4. The van der Waals surface area contributed by atoms with Crippen LogP contribution >= 0.6 is 0 Å². The molecule has 0 amide bonds. The van der Waals surface area contributed by atoms with Crippen molar-refractivity contribution in [3.8, 4) is 6.07 Å². The van der Waals surface area contributed by atoms with Gasteiger partial charge in [-0.3, -0.25) is 0 Å². The van der Waals surface area contributed by atoms with Gasteiger partial charge in [0.2, 0.25) is 0 Å². The van der Waals surface area contributed by atoms with E-state index in [1.165, 1.54) is 19.3 Å². The van der Waals surface area contributed by atoms with Crippen molar-refractivity contribution in [2.75, 3.05) is 18.0 Å². The fourth-order valence-corrected chi connectivity index (χ4v) is 2.73. The lowest BCUT2D eigenvalue weighted by atomic mass is 9.77. The maximum absolute atomic E-state index is 8.74. The Balaban J connectivity index is 2.04. The van der Waals surface area contributed by atoms with Crippen molar-refractivity contribution in [2.45, 2.75) is 40.0 Å². The highest BCUT2D eigenvalue weighted by atomic mass is 15.2. The summed E-state index contributed by atoms with van der Waals surface area (Å²) in [5.41, 5.74) is 0.762. The molecule has 4 nitrogen and oxygen atoms in total. The Labute approximate surface area is 115 Å². The highest BCUT2D eigenvalue weighted by Gasteiger charge is 2.27. The third-order valence-electron chi connectivity index (χ3n) is 4.03. The molecule has 1 aromatic heterocycles. The molecule has 1 fully saturated rings. The van der Waals surface area contributed by atoms with E-state index in [-0.39, 0.29) is 0 Å². The molecular weight excluding hydrogens is 236 g/mol. The average molecular weight is 258 g/mol. The monoisotopic (exact) mass is 258 g/mol. The molecule has 0 N–H and O–H groups in total. The molecule has 0 saturated carbocycles. The Kier molecular flexibility index (Phi) is 4.04. The van der Waals surface area contributed by atoms with Crippen LogP contribution in [0.25, 0.3) is 0 Å². The lowest BCUT2D eigenvalue weighted by Gasteiger charge is -2.29. The van der Waals surface area contributed by atoms with Crippen LogP contribution in [0.5, 0.6) is 0 Å². The third kappa shape index (κ3) is 3.44. The van der Waals surface area contributed by atoms with Crippen molar-refractivity contribution < 1.29 is 0 Å². The molecule has 0 aliphatic carbocycles. The molecule has 1 saturated heterocycles. The van der Waals surface area contributed by atoms with Crippen LogP contribution in [0, 0.1) is 22.7 Å². The van der Waals surface area contributed by atoms with E-state index >= 15 is 0 Å². The Bertz CT molecular complexity index is 453. The lowest BCUT2D eigenvalue weighted by Crippen LogP contribution is -2.26. The van der Waals surface area contributed by atoms with Gasteiger partial charge in [0.1, 0.15) is 11.9 Å². The number of nitrogens with zero attached hydrogens (tertiary/aromatic N) is 4. The molecule has 2 rings (SSSR count). The minimum absolute atomic E-state index is 0.381. The van der Waals surface area contributed by atoms with Crippen molar-refractivity contribution >= 4 is 5.82 Å². The van der Waals surface area contributed by atoms with Crippen molar-refractivity contribution in [3.63, 3.8) is 0 Å². The van der Waals surface area contributed by atoms with Crippen LogP contribution in [0.4, 0.5) is 5.82 Å². The van der Waals surface area contributed by atoms with Crippen molar-refractivity contribution in [1.82, 2.24) is 9.97 Å². The maximum Gasteiger partial charge on any atom is 0.158 e. The van der Waals surface area contributed by atoms with E-state index in [0.717, 1.165) is 24.8 Å². The molecule has 4 heteroatoms. The van der Waals surface area contributed by atoms with Gasteiger partial charge in [-0.15, -0.1) is 0 Å². The van der Waals surface area contributed by atoms with E-state index in [0.29, 0.717) is 11.1 Å². The summed E-state index contributed by atoms with van der Waals surface area (Å²) >= 11 is 0. The molecule has 1 unspecified atom stereocenters. The Morgan fingerprint density at radius 3 is 2.58 bits per heavy atom. The molecule has 2 heterocycles. The highest BCUT2D eigenvalue weighted by molar-refractivity contribution is 5.37. The first-order valence-corrected chi connectivity index (χ1v) is 6.98. The van der Waals surface area contributed by atoms with E-state index in [4.69, 9.17) is 5.26 Å². The molecule has 0 bridgehead atoms. The van der Waals surface area contributed by atoms with Crippen molar-refractivity contribution in [3.05, 3.63) is 18.1 Å². The van der Waals surface area contributed by atoms with Crippen LogP contribution in [0.1, 0.15) is 45.7 Å². The topological polar surface area (TPSA) is 52.8 Å². The van der Waals surface area contributed by atoms with Gasteiger partial charge in [-0.2, -0.15) is 5.26 Å². The predicted molar refractivity (Wildman–Crippen MR) is 75.8 cm³/mol. The van der Waals surface area contributed by atoms with Crippen LogP contribution in [-0.2, 0) is 0 Å². The second kappa shape index (κ2) is 5.56. The van der Waals surface area contributed by atoms with E-state index in [1.807, 2.05) is 6.07 Å². The quantitative estimate of drug-likeness (QED) is 0.777. The highest BCUT2D eigenvalue weighted by Crippen LogP contribution is 2.34. The van der Waals surface area contributed by atoms with Crippen LogP contribution in [0.3, 0.4) is 0 Å². The van der Waals surface area contributed by atoms with Crippen LogP contribution in [0.15, 0.2) is 12.4 Å². The summed E-state index contributed by atoms with van der Waals surface area (Å²) in [7, 11) is 0. The minimum Gasteiger partial charge on any atom is -0.355 e. The van der Waals surface area contributed by atoms with Gasteiger partial charge in [-0.1, -0.05) is 20.8 Å². The first-order chi connectivity index (χ1) is 9.00. The fraction of sp³-hybridized carbons (Fsp3) is 0.667. The third-order valence-corrected chi connectivity index (χ3v) is 4.03. The first-order valence-electron chi connectivity index (χ1n) is 6.98. The minimum atomic E-state index is 0.381. The summed E-state index contributed by atoms with van der Waals surface area (Å²) in [4.78, 5) is 10.7. The zero-order chi connectivity index (χ0) is 13.9. The summed E-state index contributed by atoms with van der Waals surface area (Å²) in [6.07, 6.45) is 6.95. The standard InChI is InChI=1S/C15H22N4/c1-15(2,3)12-5-4-7-19(8-6-12)14-11-17-13(9-16)10-18-14/h10-12H,4-8H2,1-3H3. The number of anilines is 1. The van der Waals surface area contributed by atoms with Gasteiger partial charge < -0.3 is 4.90 Å². The largest absolute Gasteiger partial charge is 0.355 e. The Hall–Kier alpha value is -1.63. The van der Waals surface area contributed by atoms with Gasteiger partial charge in [0.05, 0.1) is 12.4 Å². The number of hydrogen-bond acceptors (Lipinski definition) is 4. The SMILES string of the molecule is CC(C)(C)C1CCCN(c2cnc(C#N)cn2)CC1. The predicted octanol–water partition coefficient (Wildman–Crippen LogP) is 3.00. The first kappa shape index (κ1) is 13.8. The average Bonchev–Trinajstić information content (AvgIpc) is 2.64. The van der Waals surface area contributed by atoms with E-state index < -0.39 is 0 Å². The molecule has 102 valence electrons. The van der Waals surface area contributed by atoms with Gasteiger partial charge in [0.15, 0.2) is 5.69 Å². The Morgan fingerprint density at radius 2 is 2.00 bits per heavy atom. The van der Waals surface area contributed by atoms with Crippen LogP contribution in [-0.4, -0.2) is 23.1 Å². The summed E-state index contributed by atoms with van der Waals surface area (Å²) in [5, 5.41) is 8.74. The molecule has 1 atom stereocenters. The van der Waals surface area contributed by atoms with Crippen molar-refractivity contribution in [1.29, 1.82) is 5.26 Å². The smallest absolute Gasteiger partial charge is 0.158 e. The van der Waals surface area contributed by atoms with Crippen LogP contribution in [0.2, 0.25) is 0 Å². The molecule has 0 radical (unpaired) electrons. The van der Waals surface area contributed by atoms with E-state index in [2.05, 4.69) is 35.6 Å². The number of aromatic nitrogens is 2. The zero-order valence-electron chi connectivity index (χ0n) is 12.1. The molecule has 19 heavy (non-hydrogen) atoms. The summed E-state index contributed by atoms with van der Waals surface area (Å²) < 4.78 is 0. The molecule has 0 spiro atoms. The number of nitriles is 1. The fourth-order valence-electron chi connectivity index (χ4n) is 2.73. The van der Waals surface area contributed by atoms with Gasteiger partial charge in [0.25, 0.3) is 0 Å². The van der Waals surface area contributed by atoms with E-state index in [1.54, 1.807) is 12.4 Å². The second-order valence-electron chi connectivity index (χ2n) is 6.35. The van der Waals surface area contributed by atoms with Gasteiger partial charge in [-0.25, -0.2) is 9.97 Å². The maximum atomic E-state index is 8.74. The molecule has 1 aliphatic rings. The van der Waals surface area contributed by atoms with Gasteiger partial charge >= 0.3 is 0 Å². The molecule has 0 aromatic carbocycles. The lowest BCUT2D eigenvalue weighted by molar-refractivity contribution is 0.220. The van der Waals surface area contributed by atoms with Crippen LogP contribution < -0.4 is 4.90 Å². The second-order valence-corrected chi connectivity index (χ2v) is 6.35. The summed E-state index contributed by atoms with van der Waals surface area (Å²) in [6, 6.07) is 2.00. The number of hydrogen-bond donors (Lipinski definition) is 0. The summed E-state index contributed by atoms with van der Waals surface area (Å²) in [6.45, 7) is 9.05. The van der Waals surface area contributed by atoms with E-state index in [9.17, 15) is 0 Å². The zero-order valence-corrected chi connectivity index (χ0v) is 12.1. The summed E-state index contributed by atoms with van der Waals surface area (Å²) in [5.74, 6) is 1.66. The molecule has 1 aliphatic heterocycles.